The van der Waals surface area contributed by atoms with Crippen molar-refractivity contribution in [2.45, 2.75) is 17.7 Å². The molecule has 9 nitrogen and oxygen atoms in total. The van der Waals surface area contributed by atoms with Crippen LogP contribution in [0, 0.1) is 5.92 Å². The molecule has 0 aliphatic carbocycles. The number of hydrogen-bond donors (Lipinski definition) is 1. The first-order valence-electron chi connectivity index (χ1n) is 9.91. The number of benzene rings is 2. The number of carbonyl (C=O) groups excluding carboxylic acids is 1. The van der Waals surface area contributed by atoms with Gasteiger partial charge in [0.25, 0.3) is 0 Å². The maximum Gasteiger partial charge on any atom is 0.322 e. The number of hydrogen-bond acceptors (Lipinski definition) is 7. The van der Waals surface area contributed by atoms with E-state index < -0.39 is 15.9 Å². The molecule has 0 saturated carbocycles. The Morgan fingerprint density at radius 1 is 1.22 bits per heavy atom. The van der Waals surface area contributed by atoms with Gasteiger partial charge in [-0.15, -0.1) is 5.10 Å². The van der Waals surface area contributed by atoms with Gasteiger partial charge in [0, 0.05) is 23.7 Å². The van der Waals surface area contributed by atoms with Gasteiger partial charge in [0.1, 0.15) is 5.75 Å². The van der Waals surface area contributed by atoms with Crippen LogP contribution >= 0.6 is 11.6 Å². The highest BCUT2D eigenvalue weighted by Crippen LogP contribution is 2.27. The number of anilines is 1. The van der Waals surface area contributed by atoms with Crippen LogP contribution in [0.25, 0.3) is 11.5 Å². The predicted octanol–water partition coefficient (Wildman–Crippen LogP) is 3.44. The van der Waals surface area contributed by atoms with E-state index in [0.29, 0.717) is 35.7 Å². The summed E-state index contributed by atoms with van der Waals surface area (Å²) in [5, 5.41) is 10.9. The number of ether oxygens (including phenoxy) is 1. The highest BCUT2D eigenvalue weighted by atomic mass is 35.5. The maximum atomic E-state index is 13.0. The van der Waals surface area contributed by atoms with Crippen molar-refractivity contribution < 1.29 is 22.4 Å². The van der Waals surface area contributed by atoms with Crippen LogP contribution in [-0.4, -0.2) is 49.0 Å². The molecular formula is C21H21ClN4O5S. The zero-order chi connectivity index (χ0) is 22.7. The molecule has 0 bridgehead atoms. The van der Waals surface area contributed by atoms with Gasteiger partial charge in [0.05, 0.1) is 17.9 Å². The molecule has 1 aliphatic rings. The van der Waals surface area contributed by atoms with Crippen molar-refractivity contribution in [3.63, 3.8) is 0 Å². The van der Waals surface area contributed by atoms with E-state index in [1.54, 1.807) is 36.4 Å². The van der Waals surface area contributed by atoms with Crippen LogP contribution in [0.2, 0.25) is 5.02 Å². The lowest BCUT2D eigenvalue weighted by Crippen LogP contribution is -2.43. The fourth-order valence-electron chi connectivity index (χ4n) is 3.49. The molecule has 11 heteroatoms. The number of amides is 1. The summed E-state index contributed by atoms with van der Waals surface area (Å²) in [6.07, 6.45) is 1.11. The van der Waals surface area contributed by atoms with E-state index in [1.165, 1.54) is 23.5 Å². The molecule has 1 unspecified atom stereocenters. The van der Waals surface area contributed by atoms with Crippen LogP contribution in [-0.2, 0) is 14.8 Å². The molecule has 1 N–H and O–H groups in total. The smallest absolute Gasteiger partial charge is 0.322 e. The van der Waals surface area contributed by atoms with Crippen LogP contribution in [0.3, 0.4) is 0 Å². The average Bonchev–Trinajstić information content (AvgIpc) is 3.27. The Balaban J connectivity index is 1.43. The summed E-state index contributed by atoms with van der Waals surface area (Å²) >= 11 is 5.98. The van der Waals surface area contributed by atoms with Crippen molar-refractivity contribution in [3.05, 3.63) is 53.6 Å². The van der Waals surface area contributed by atoms with Gasteiger partial charge >= 0.3 is 6.01 Å². The summed E-state index contributed by atoms with van der Waals surface area (Å²) < 4.78 is 37.9. The summed E-state index contributed by atoms with van der Waals surface area (Å²) in [7, 11) is -2.22. The summed E-state index contributed by atoms with van der Waals surface area (Å²) in [6.45, 7) is 0.410. The van der Waals surface area contributed by atoms with Gasteiger partial charge in [-0.3, -0.25) is 10.1 Å². The van der Waals surface area contributed by atoms with Crippen molar-refractivity contribution in [2.24, 2.45) is 5.92 Å². The molecule has 1 fully saturated rings. The van der Waals surface area contributed by atoms with E-state index >= 15 is 0 Å². The van der Waals surface area contributed by atoms with Gasteiger partial charge in [-0.1, -0.05) is 22.8 Å². The summed E-state index contributed by atoms with van der Waals surface area (Å²) in [6, 6.07) is 13.0. The Morgan fingerprint density at radius 2 is 2.00 bits per heavy atom. The minimum Gasteiger partial charge on any atom is -0.497 e. The second-order valence-corrected chi connectivity index (χ2v) is 9.66. The van der Waals surface area contributed by atoms with Crippen LogP contribution in [0.4, 0.5) is 6.01 Å². The molecule has 1 aliphatic heterocycles. The first-order chi connectivity index (χ1) is 15.4. The first kappa shape index (κ1) is 22.3. The van der Waals surface area contributed by atoms with Crippen molar-refractivity contribution in [1.82, 2.24) is 14.5 Å². The molecule has 32 heavy (non-hydrogen) atoms. The third kappa shape index (κ3) is 4.77. The number of carbonyl (C=O) groups is 1. The van der Waals surface area contributed by atoms with Gasteiger partial charge in [-0.2, -0.15) is 4.31 Å². The zero-order valence-corrected chi connectivity index (χ0v) is 18.8. The van der Waals surface area contributed by atoms with Crippen LogP contribution < -0.4 is 10.1 Å². The molecule has 1 aromatic heterocycles. The molecule has 3 aromatic rings. The molecule has 168 valence electrons. The van der Waals surface area contributed by atoms with Crippen molar-refractivity contribution in [1.29, 1.82) is 0 Å². The third-order valence-corrected chi connectivity index (χ3v) is 7.29. The highest BCUT2D eigenvalue weighted by Gasteiger charge is 2.34. The minimum atomic E-state index is -3.73. The number of rotatable bonds is 6. The topological polar surface area (TPSA) is 115 Å². The van der Waals surface area contributed by atoms with E-state index in [1.807, 2.05) is 0 Å². The summed E-state index contributed by atoms with van der Waals surface area (Å²) in [4.78, 5) is 12.9. The molecule has 0 radical (unpaired) electrons. The number of nitrogens with zero attached hydrogens (tertiary/aromatic N) is 3. The van der Waals surface area contributed by atoms with Gasteiger partial charge in [0.15, 0.2) is 0 Å². The average molecular weight is 477 g/mol. The Morgan fingerprint density at radius 3 is 2.72 bits per heavy atom. The lowest BCUT2D eigenvalue weighted by atomic mass is 9.99. The standard InChI is InChI=1S/C21H21ClN4O5S/c1-30-17-7-9-18(10-8-17)32(28,29)26-11-3-5-15(13-26)19(27)23-21-25-24-20(31-21)14-4-2-6-16(22)12-14/h2,4,6-10,12,15H,3,5,11,13H2,1H3,(H,23,25,27). The van der Waals surface area contributed by atoms with E-state index in [2.05, 4.69) is 15.5 Å². The Labute approximate surface area is 190 Å². The molecule has 4 rings (SSSR count). The Kier molecular flexibility index (Phi) is 6.45. The van der Waals surface area contributed by atoms with Crippen molar-refractivity contribution in [3.8, 4) is 17.2 Å². The van der Waals surface area contributed by atoms with Crippen molar-refractivity contribution >= 4 is 33.5 Å². The van der Waals surface area contributed by atoms with Gasteiger partial charge in [-0.05, 0) is 55.3 Å². The monoisotopic (exact) mass is 476 g/mol. The van der Waals surface area contributed by atoms with E-state index in [9.17, 15) is 13.2 Å². The van der Waals surface area contributed by atoms with E-state index in [-0.39, 0.29) is 29.3 Å². The molecule has 2 heterocycles. The van der Waals surface area contributed by atoms with Gasteiger partial charge in [-0.25, -0.2) is 8.42 Å². The Bertz CT molecular complexity index is 1210. The minimum absolute atomic E-state index is 0.0555. The number of piperidine rings is 1. The SMILES string of the molecule is COc1ccc(S(=O)(=O)N2CCCC(C(=O)Nc3nnc(-c4cccc(Cl)c4)o3)C2)cc1. The van der Waals surface area contributed by atoms with Gasteiger partial charge in [0.2, 0.25) is 21.8 Å². The Hall–Kier alpha value is -2.95. The summed E-state index contributed by atoms with van der Waals surface area (Å²) in [5.41, 5.74) is 0.625. The number of methoxy groups -OCH3 is 1. The molecule has 1 atom stereocenters. The third-order valence-electron chi connectivity index (χ3n) is 5.18. The van der Waals surface area contributed by atoms with Crippen molar-refractivity contribution in [2.75, 3.05) is 25.5 Å². The molecular weight excluding hydrogens is 456 g/mol. The fourth-order valence-corrected chi connectivity index (χ4v) is 5.20. The number of nitrogens with one attached hydrogen (secondary N) is 1. The second-order valence-electron chi connectivity index (χ2n) is 7.29. The van der Waals surface area contributed by atoms with E-state index in [4.69, 9.17) is 20.8 Å². The second kappa shape index (κ2) is 9.27. The largest absolute Gasteiger partial charge is 0.497 e. The summed E-state index contributed by atoms with van der Waals surface area (Å²) in [5.74, 6) is -0.133. The molecule has 1 amide bonds. The highest BCUT2D eigenvalue weighted by molar-refractivity contribution is 7.89. The number of halogens is 1. The first-order valence-corrected chi connectivity index (χ1v) is 11.7. The van der Waals surface area contributed by atoms with E-state index in [0.717, 1.165) is 0 Å². The van der Waals surface area contributed by atoms with Gasteiger partial charge < -0.3 is 9.15 Å². The molecule has 0 spiro atoms. The van der Waals surface area contributed by atoms with Crippen LogP contribution in [0.5, 0.6) is 5.75 Å². The number of aromatic nitrogens is 2. The normalized spacial score (nSPS) is 17.1. The molecule has 2 aromatic carbocycles. The number of sulfonamides is 1. The fraction of sp³-hybridized carbons (Fsp3) is 0.286. The molecule has 1 saturated heterocycles. The quantitative estimate of drug-likeness (QED) is 0.579. The lowest BCUT2D eigenvalue weighted by molar-refractivity contribution is -0.121. The van der Waals surface area contributed by atoms with Crippen LogP contribution in [0.1, 0.15) is 12.8 Å². The zero-order valence-electron chi connectivity index (χ0n) is 17.2. The van der Waals surface area contributed by atoms with Crippen LogP contribution in [0.15, 0.2) is 57.8 Å². The maximum absolute atomic E-state index is 13.0. The lowest BCUT2D eigenvalue weighted by Gasteiger charge is -2.30. The predicted molar refractivity (Wildman–Crippen MR) is 118 cm³/mol.